The first kappa shape index (κ1) is 28.0. The fraction of sp³-hybridized carbons (Fsp3) is 0.296. The number of nitrogens with zero attached hydrogens (tertiary/aromatic N) is 2. The first-order valence-electron chi connectivity index (χ1n) is 10.8. The van der Waals surface area contributed by atoms with Crippen LogP contribution in [0.3, 0.4) is 0 Å². The first-order valence-corrected chi connectivity index (χ1v) is 10.8. The van der Waals surface area contributed by atoms with E-state index in [1.165, 1.54) is 12.3 Å². The largest absolute Gasteiger partial charge is 2.00 e. The topological polar surface area (TPSA) is 75.1 Å². The summed E-state index contributed by atoms with van der Waals surface area (Å²) in [6.07, 6.45) is 7.80. The number of carbonyl (C=O) groups excluding carboxylic acids is 1. The summed E-state index contributed by atoms with van der Waals surface area (Å²) in [6, 6.07) is 10.7. The van der Waals surface area contributed by atoms with E-state index in [0.29, 0.717) is 17.6 Å². The monoisotopic (exact) mass is 684 g/mol. The molecule has 0 bridgehead atoms. The molecule has 1 aromatic heterocycles. The normalized spacial score (nSPS) is 15.4. The molecule has 0 saturated carbocycles. The van der Waals surface area contributed by atoms with Gasteiger partial charge in [0.15, 0.2) is 5.78 Å². The minimum Gasteiger partial charge on any atom is -0.458 e. The van der Waals surface area contributed by atoms with Gasteiger partial charge in [0.2, 0.25) is 0 Å². The zero-order chi connectivity index (χ0) is 22.8. The van der Waals surface area contributed by atoms with Crippen molar-refractivity contribution in [2.24, 2.45) is 11.7 Å². The van der Waals surface area contributed by atoms with Crippen molar-refractivity contribution < 1.29 is 40.3 Å². The summed E-state index contributed by atoms with van der Waals surface area (Å²) in [6.45, 7) is 1.56. The Balaban J connectivity index is 0.00000204. The van der Waals surface area contributed by atoms with Crippen LogP contribution in [0.15, 0.2) is 42.6 Å². The molecular weight excluding hydrogens is 653 g/mol. The van der Waals surface area contributed by atoms with Gasteiger partial charge in [0.25, 0.3) is 0 Å². The predicted molar refractivity (Wildman–Crippen MR) is 133 cm³/mol. The van der Waals surface area contributed by atoms with Gasteiger partial charge in [-0.2, -0.15) is 5.57 Å². The van der Waals surface area contributed by atoms with Crippen LogP contribution in [0.1, 0.15) is 33.5 Å². The van der Waals surface area contributed by atoms with Crippen LogP contribution >= 0.6 is 0 Å². The van der Waals surface area contributed by atoms with Crippen molar-refractivity contribution in [1.29, 1.82) is 5.41 Å². The summed E-state index contributed by atoms with van der Waals surface area (Å²) in [5, 5.41) is 8.47. The van der Waals surface area contributed by atoms with Crippen molar-refractivity contribution in [2.45, 2.75) is 25.8 Å². The summed E-state index contributed by atoms with van der Waals surface area (Å²) in [7, 11) is 4.03. The number of ketones is 1. The Hall–Kier alpha value is -2.20. The van der Waals surface area contributed by atoms with Crippen LogP contribution in [-0.2, 0) is 19.4 Å². The molecule has 0 radical (unpaired) electrons. The van der Waals surface area contributed by atoms with E-state index < -0.39 is 0 Å². The van der Waals surface area contributed by atoms with Gasteiger partial charge >= 0.3 is 31.1 Å². The molecule has 0 aliphatic heterocycles. The van der Waals surface area contributed by atoms with Gasteiger partial charge in [-0.25, -0.2) is 4.39 Å². The number of halogens is 1. The van der Waals surface area contributed by atoms with Crippen molar-refractivity contribution in [3.05, 3.63) is 84.3 Å². The maximum absolute atomic E-state index is 13.7. The van der Waals surface area contributed by atoms with Gasteiger partial charge in [-0.3, -0.25) is 4.79 Å². The predicted octanol–water partition coefficient (Wildman–Crippen LogP) is 4.53. The molecule has 3 aromatic rings. The average molecular weight is 685 g/mol. The number of hydrogen-bond donors (Lipinski definition) is 2. The molecule has 1 aliphatic rings. The fourth-order valence-electron chi connectivity index (χ4n) is 4.53. The molecule has 7 heteroatoms. The van der Waals surface area contributed by atoms with Crippen LogP contribution in [0.5, 0.6) is 0 Å². The number of Topliss-reactive ketones (excluding diaryl/α,β-unsaturated/α-hetero) is 1. The zero-order valence-electron chi connectivity index (χ0n) is 20.0. The molecule has 1 aliphatic carbocycles. The fourth-order valence-corrected chi connectivity index (χ4v) is 4.53. The number of likely N-dealkylation sites (N-methyl/N-ethyl adjacent to an activating group) is 1. The molecule has 1 unspecified atom stereocenters. The van der Waals surface area contributed by atoms with E-state index >= 15 is 0 Å². The number of fused-ring (bicyclic) bond motifs is 2. The van der Waals surface area contributed by atoms with Crippen molar-refractivity contribution in [1.82, 2.24) is 9.47 Å². The van der Waals surface area contributed by atoms with Crippen LogP contribution < -0.4 is 5.73 Å². The number of aryl methyl sites for hydroxylation is 1. The third-order valence-corrected chi connectivity index (χ3v) is 6.31. The van der Waals surface area contributed by atoms with Crippen molar-refractivity contribution in [2.75, 3.05) is 20.6 Å². The maximum Gasteiger partial charge on any atom is 2.00 e. The first-order chi connectivity index (χ1) is 15.4. The van der Waals surface area contributed by atoms with E-state index in [4.69, 9.17) is 11.1 Å². The average Bonchev–Trinajstić information content (AvgIpc) is 3.15. The van der Waals surface area contributed by atoms with E-state index in [0.717, 1.165) is 53.5 Å². The number of nitrogens with one attached hydrogen (secondary N) is 1. The molecule has 5 nitrogen and oxygen atoms in total. The second-order valence-electron chi connectivity index (χ2n) is 8.69. The molecule has 1 atom stereocenters. The SMILES string of the molecule is CN(C)CCn1cc(C(=O)C2CCc3ccc(F)cc3C2)c2ccc(C(=[C-]N)C=N)cc21.[CH3-].[U+2]. The molecule has 0 fully saturated rings. The molecular formula is C27H31FN4OU. The van der Waals surface area contributed by atoms with Gasteiger partial charge in [0.1, 0.15) is 5.82 Å². The molecule has 4 rings (SSSR count). The van der Waals surface area contributed by atoms with Gasteiger partial charge in [-0.15, -0.1) is 17.8 Å². The molecule has 0 spiro atoms. The van der Waals surface area contributed by atoms with Gasteiger partial charge in [0.05, 0.1) is 0 Å². The molecule has 1 heterocycles. The van der Waals surface area contributed by atoms with Gasteiger partial charge < -0.3 is 28.0 Å². The number of benzene rings is 2. The maximum atomic E-state index is 13.7. The molecule has 3 N–H and O–H groups in total. The summed E-state index contributed by atoms with van der Waals surface area (Å²) in [5.41, 5.74) is 10.6. The summed E-state index contributed by atoms with van der Waals surface area (Å²) in [4.78, 5) is 15.7. The van der Waals surface area contributed by atoms with Crippen LogP contribution in [0.2, 0.25) is 0 Å². The smallest absolute Gasteiger partial charge is 0.458 e. The van der Waals surface area contributed by atoms with Gasteiger partial charge in [0, 0.05) is 41.7 Å². The number of allylic oxidation sites excluding steroid dienone is 1. The van der Waals surface area contributed by atoms with Crippen LogP contribution in [0, 0.1) is 61.9 Å². The van der Waals surface area contributed by atoms with Crippen molar-refractivity contribution in [3.8, 4) is 0 Å². The minimum absolute atomic E-state index is 0. The van der Waals surface area contributed by atoms with Gasteiger partial charge in [-0.05, 0) is 56.6 Å². The number of aromatic nitrogens is 1. The van der Waals surface area contributed by atoms with Gasteiger partial charge in [-0.1, -0.05) is 24.4 Å². The number of rotatable bonds is 7. The Kier molecular flexibility index (Phi) is 9.87. The van der Waals surface area contributed by atoms with E-state index in [2.05, 4.69) is 15.7 Å². The standard InChI is InChI=1S/C26H28FN4O.CH3.U/c1-30(2)9-10-31-16-24(23-8-6-18(13-25(23)31)21(14-28)15-29)26(32)19-4-3-17-5-7-22(27)12-20(17)11-19;;/h5-8,12-14,16,19,28H,3-4,9-11,29H2,1-2H3;1H3;/q2*-1;+2. The Morgan fingerprint density at radius 3 is 2.71 bits per heavy atom. The summed E-state index contributed by atoms with van der Waals surface area (Å²) in [5.74, 6) is -0.308. The van der Waals surface area contributed by atoms with Crippen LogP contribution in [-0.4, -0.2) is 42.1 Å². The van der Waals surface area contributed by atoms with Crippen molar-refractivity contribution in [3.63, 3.8) is 0 Å². The third-order valence-electron chi connectivity index (χ3n) is 6.31. The van der Waals surface area contributed by atoms with E-state index in [-0.39, 0.29) is 56.1 Å². The second kappa shape index (κ2) is 12.0. The Bertz CT molecular complexity index is 1210. The van der Waals surface area contributed by atoms with E-state index in [1.54, 1.807) is 6.07 Å². The molecule has 176 valence electrons. The number of nitrogens with two attached hydrogens (primary N) is 1. The Labute approximate surface area is 225 Å². The molecule has 34 heavy (non-hydrogen) atoms. The molecule has 2 aromatic carbocycles. The number of hydrogen-bond acceptors (Lipinski definition) is 4. The van der Waals surface area contributed by atoms with E-state index in [9.17, 15) is 9.18 Å². The van der Waals surface area contributed by atoms with E-state index in [1.807, 2.05) is 44.6 Å². The second-order valence-corrected chi connectivity index (χ2v) is 8.69. The summed E-state index contributed by atoms with van der Waals surface area (Å²) >= 11 is 0. The molecule has 0 amide bonds. The Morgan fingerprint density at radius 2 is 2.03 bits per heavy atom. The van der Waals surface area contributed by atoms with Crippen molar-refractivity contribution >= 4 is 28.5 Å². The van der Waals surface area contributed by atoms with Crippen LogP contribution in [0.4, 0.5) is 4.39 Å². The zero-order valence-corrected chi connectivity index (χ0v) is 24.2. The molecule has 0 saturated heterocycles. The Morgan fingerprint density at radius 1 is 1.26 bits per heavy atom. The summed E-state index contributed by atoms with van der Waals surface area (Å²) < 4.78 is 15.8. The number of carbonyl (C=O) groups is 1. The third kappa shape index (κ3) is 5.71. The quantitative estimate of drug-likeness (QED) is 0.166. The minimum atomic E-state index is -0.253. The van der Waals surface area contributed by atoms with Crippen LogP contribution in [0.25, 0.3) is 16.5 Å².